The zero-order valence-electron chi connectivity index (χ0n) is 14.3. The van der Waals surface area contributed by atoms with Crippen LogP contribution in [0.15, 0.2) is 53.6 Å². The highest BCUT2D eigenvalue weighted by Crippen LogP contribution is 2.30. The molecule has 4 rings (SSSR count). The fourth-order valence-corrected chi connectivity index (χ4v) is 4.95. The summed E-state index contributed by atoms with van der Waals surface area (Å²) < 4.78 is 37.9. The van der Waals surface area contributed by atoms with E-state index in [-0.39, 0.29) is 4.90 Å². The van der Waals surface area contributed by atoms with Gasteiger partial charge in [0.25, 0.3) is 5.91 Å². The molecule has 2 aromatic heterocycles. The zero-order chi connectivity index (χ0) is 19.9. The summed E-state index contributed by atoms with van der Waals surface area (Å²) in [5.74, 6) is -0.820. The van der Waals surface area contributed by atoms with E-state index < -0.39 is 21.6 Å². The number of amides is 1. The number of halogens is 1. The number of nitrogens with one attached hydrogen (secondary N) is 1. The van der Waals surface area contributed by atoms with Crippen LogP contribution in [0.4, 0.5) is 9.52 Å². The Labute approximate surface area is 167 Å². The number of hydrogen-bond donors (Lipinski definition) is 1. The second-order valence-corrected chi connectivity index (χ2v) is 9.96. The number of hydrogen-bond acceptors (Lipinski definition) is 7. The Kier molecular flexibility index (Phi) is 4.69. The number of nitrogens with zero attached hydrogens (tertiary/aromatic N) is 2. The molecule has 0 bridgehead atoms. The van der Waals surface area contributed by atoms with Gasteiger partial charge >= 0.3 is 0 Å². The maximum absolute atomic E-state index is 13.9. The van der Waals surface area contributed by atoms with Crippen LogP contribution in [0.2, 0.25) is 0 Å². The topological polar surface area (TPSA) is 89.0 Å². The summed E-state index contributed by atoms with van der Waals surface area (Å²) >= 11 is 2.25. The van der Waals surface area contributed by atoms with Crippen LogP contribution in [0.5, 0.6) is 0 Å². The van der Waals surface area contributed by atoms with Gasteiger partial charge in [0.15, 0.2) is 15.0 Å². The van der Waals surface area contributed by atoms with Crippen molar-refractivity contribution in [2.24, 2.45) is 0 Å². The van der Waals surface area contributed by atoms with Crippen LogP contribution in [0, 0.1) is 5.82 Å². The highest BCUT2D eigenvalue weighted by molar-refractivity contribution is 7.90. The van der Waals surface area contributed by atoms with E-state index in [9.17, 15) is 17.6 Å². The van der Waals surface area contributed by atoms with E-state index in [4.69, 9.17) is 0 Å². The number of sulfone groups is 1. The van der Waals surface area contributed by atoms with Crippen LogP contribution in [0.3, 0.4) is 0 Å². The molecule has 10 heteroatoms. The summed E-state index contributed by atoms with van der Waals surface area (Å²) in [6.45, 7) is 0. The van der Waals surface area contributed by atoms with Crippen LogP contribution in [0.1, 0.15) is 9.67 Å². The van der Waals surface area contributed by atoms with Crippen LogP contribution >= 0.6 is 22.7 Å². The summed E-state index contributed by atoms with van der Waals surface area (Å²) in [5.41, 5.74) is 0.920. The molecule has 0 spiro atoms. The van der Waals surface area contributed by atoms with E-state index in [0.29, 0.717) is 30.8 Å². The lowest BCUT2D eigenvalue weighted by Crippen LogP contribution is -2.09. The Balaban J connectivity index is 1.58. The predicted molar refractivity (Wildman–Crippen MR) is 108 cm³/mol. The number of rotatable bonds is 4. The van der Waals surface area contributed by atoms with Gasteiger partial charge in [-0.05, 0) is 30.3 Å². The first-order valence-electron chi connectivity index (χ1n) is 7.94. The molecule has 4 aromatic rings. The average Bonchev–Trinajstić information content (AvgIpc) is 3.27. The smallest absolute Gasteiger partial charge is 0.269 e. The van der Waals surface area contributed by atoms with Crippen LogP contribution in [0.25, 0.3) is 20.8 Å². The van der Waals surface area contributed by atoms with E-state index in [0.717, 1.165) is 17.6 Å². The lowest BCUT2D eigenvalue weighted by molar-refractivity contribution is 0.103. The Bertz CT molecular complexity index is 1310. The van der Waals surface area contributed by atoms with Gasteiger partial charge in [0.2, 0.25) is 0 Å². The first kappa shape index (κ1) is 18.7. The minimum Gasteiger partial charge on any atom is -0.297 e. The number of benzene rings is 2. The third kappa shape index (κ3) is 3.66. The van der Waals surface area contributed by atoms with Crippen molar-refractivity contribution >= 4 is 53.8 Å². The van der Waals surface area contributed by atoms with Crippen molar-refractivity contribution < 1.29 is 17.6 Å². The average molecular weight is 434 g/mol. The third-order valence-corrected chi connectivity index (χ3v) is 6.92. The maximum Gasteiger partial charge on any atom is 0.269 e. The van der Waals surface area contributed by atoms with E-state index in [2.05, 4.69) is 15.3 Å². The standard InChI is InChI=1S/C18H12FN3O3S3/c1-28(24,25)10-6-7-13-14(8-10)27-18(21-13)22-16(23)15-9-20-17(26-15)11-4-2-3-5-12(11)19/h2-9H,1H3,(H,21,22,23). The maximum atomic E-state index is 13.9. The van der Waals surface area contributed by atoms with Crippen molar-refractivity contribution in [3.63, 3.8) is 0 Å². The number of fused-ring (bicyclic) bond motifs is 1. The molecule has 6 nitrogen and oxygen atoms in total. The number of thiazole rings is 2. The molecule has 0 fully saturated rings. The van der Waals surface area contributed by atoms with Gasteiger partial charge in [-0.2, -0.15) is 0 Å². The molecule has 1 amide bonds. The van der Waals surface area contributed by atoms with Gasteiger partial charge in [-0.25, -0.2) is 22.8 Å². The molecule has 0 saturated heterocycles. The molecule has 0 aliphatic rings. The van der Waals surface area contributed by atoms with Crippen molar-refractivity contribution in [2.75, 3.05) is 11.6 Å². The fraction of sp³-hybridized carbons (Fsp3) is 0.0556. The zero-order valence-corrected chi connectivity index (χ0v) is 16.8. The molecule has 0 saturated carbocycles. The fourth-order valence-electron chi connectivity index (χ4n) is 2.49. The Hall–Kier alpha value is -2.69. The normalized spacial score (nSPS) is 11.6. The van der Waals surface area contributed by atoms with Crippen LogP contribution in [-0.4, -0.2) is 30.5 Å². The Morgan fingerprint density at radius 1 is 1.14 bits per heavy atom. The predicted octanol–water partition coefficient (Wildman–Crippen LogP) is 4.21. The number of carbonyl (C=O) groups is 1. The third-order valence-electron chi connectivity index (χ3n) is 3.84. The molecule has 2 heterocycles. The van der Waals surface area contributed by atoms with Gasteiger partial charge in [0, 0.05) is 11.8 Å². The van der Waals surface area contributed by atoms with Gasteiger partial charge < -0.3 is 0 Å². The Morgan fingerprint density at radius 3 is 2.68 bits per heavy atom. The molecular weight excluding hydrogens is 421 g/mol. The molecule has 0 atom stereocenters. The van der Waals surface area contributed by atoms with E-state index in [1.54, 1.807) is 24.3 Å². The first-order chi connectivity index (χ1) is 13.3. The number of aromatic nitrogens is 2. The molecule has 142 valence electrons. The summed E-state index contributed by atoms with van der Waals surface area (Å²) in [5, 5.41) is 3.43. The summed E-state index contributed by atoms with van der Waals surface area (Å²) in [7, 11) is -3.32. The minimum absolute atomic E-state index is 0.193. The SMILES string of the molecule is CS(=O)(=O)c1ccc2nc(NC(=O)c3cnc(-c4ccccc4F)s3)sc2c1. The van der Waals surface area contributed by atoms with Gasteiger partial charge in [-0.1, -0.05) is 23.5 Å². The molecular formula is C18H12FN3O3S3. The molecule has 28 heavy (non-hydrogen) atoms. The van der Waals surface area contributed by atoms with Gasteiger partial charge in [-0.3, -0.25) is 10.1 Å². The van der Waals surface area contributed by atoms with Crippen molar-refractivity contribution in [1.82, 2.24) is 9.97 Å². The highest BCUT2D eigenvalue weighted by atomic mass is 32.2. The summed E-state index contributed by atoms with van der Waals surface area (Å²) in [6, 6.07) is 10.8. The van der Waals surface area contributed by atoms with Crippen molar-refractivity contribution in [3.05, 3.63) is 59.4 Å². The van der Waals surface area contributed by atoms with E-state index >= 15 is 0 Å². The van der Waals surface area contributed by atoms with Crippen molar-refractivity contribution in [2.45, 2.75) is 4.90 Å². The monoisotopic (exact) mass is 433 g/mol. The molecule has 0 radical (unpaired) electrons. The first-order valence-corrected chi connectivity index (χ1v) is 11.5. The Morgan fingerprint density at radius 2 is 1.93 bits per heavy atom. The second-order valence-electron chi connectivity index (χ2n) is 5.88. The van der Waals surface area contributed by atoms with E-state index in [1.807, 2.05) is 0 Å². The van der Waals surface area contributed by atoms with Crippen LogP contribution < -0.4 is 5.32 Å². The van der Waals surface area contributed by atoms with Crippen LogP contribution in [-0.2, 0) is 9.84 Å². The minimum atomic E-state index is -3.32. The summed E-state index contributed by atoms with van der Waals surface area (Å²) in [6.07, 6.45) is 2.52. The second kappa shape index (κ2) is 7.04. The van der Waals surface area contributed by atoms with Gasteiger partial charge in [-0.15, -0.1) is 11.3 Å². The highest BCUT2D eigenvalue weighted by Gasteiger charge is 2.16. The van der Waals surface area contributed by atoms with Gasteiger partial charge in [0.1, 0.15) is 15.7 Å². The lowest BCUT2D eigenvalue weighted by atomic mass is 10.2. The quantitative estimate of drug-likeness (QED) is 0.521. The molecule has 0 aliphatic carbocycles. The van der Waals surface area contributed by atoms with Crippen molar-refractivity contribution in [1.29, 1.82) is 0 Å². The number of anilines is 1. The molecule has 1 N–H and O–H groups in total. The molecule has 0 aliphatic heterocycles. The lowest BCUT2D eigenvalue weighted by Gasteiger charge is -1.98. The largest absolute Gasteiger partial charge is 0.297 e. The summed E-state index contributed by atoms with van der Waals surface area (Å²) in [4.78, 5) is 21.4. The van der Waals surface area contributed by atoms with E-state index in [1.165, 1.54) is 35.7 Å². The van der Waals surface area contributed by atoms with Crippen molar-refractivity contribution in [3.8, 4) is 10.6 Å². The number of carbonyl (C=O) groups excluding carboxylic acids is 1. The molecule has 0 unspecified atom stereocenters. The van der Waals surface area contributed by atoms with Gasteiger partial charge in [0.05, 0.1) is 21.3 Å². The molecule has 2 aromatic carbocycles.